The second kappa shape index (κ2) is 10.7. The van der Waals surface area contributed by atoms with E-state index in [9.17, 15) is 4.79 Å². The molecule has 180 valence electrons. The van der Waals surface area contributed by atoms with Gasteiger partial charge >= 0.3 is 5.69 Å². The van der Waals surface area contributed by atoms with E-state index in [1.54, 1.807) is 0 Å². The van der Waals surface area contributed by atoms with Crippen LogP contribution in [0.5, 0.6) is 0 Å². The zero-order chi connectivity index (χ0) is 24.0. The molecule has 1 fully saturated rings. The van der Waals surface area contributed by atoms with Crippen LogP contribution in [0.25, 0.3) is 22.5 Å². The number of H-pyrrole nitrogens is 1. The van der Waals surface area contributed by atoms with Crippen molar-refractivity contribution in [2.45, 2.75) is 58.5 Å². The summed E-state index contributed by atoms with van der Waals surface area (Å²) < 4.78 is 3.88. The fourth-order valence-corrected chi connectivity index (χ4v) is 5.11. The summed E-state index contributed by atoms with van der Waals surface area (Å²) in [6.07, 6.45) is 13.4. The van der Waals surface area contributed by atoms with E-state index in [4.69, 9.17) is 0 Å². The van der Waals surface area contributed by atoms with Crippen molar-refractivity contribution in [2.75, 3.05) is 0 Å². The first kappa shape index (κ1) is 23.0. The zero-order valence-corrected chi connectivity index (χ0v) is 20.2. The Bertz CT molecular complexity index is 1320. The number of nitrogens with zero attached hydrogens (tertiary/aromatic N) is 5. The lowest BCUT2D eigenvalue weighted by molar-refractivity contribution is 0.315. The molecule has 2 aromatic carbocycles. The maximum atomic E-state index is 13.4. The van der Waals surface area contributed by atoms with Crippen molar-refractivity contribution >= 4 is 0 Å². The summed E-state index contributed by atoms with van der Waals surface area (Å²) in [5, 5.41) is 14.5. The number of rotatable bonds is 8. The van der Waals surface area contributed by atoms with E-state index >= 15 is 0 Å². The quantitative estimate of drug-likeness (QED) is 0.358. The van der Waals surface area contributed by atoms with E-state index in [1.165, 1.54) is 32.1 Å². The van der Waals surface area contributed by atoms with Gasteiger partial charge in [-0.05, 0) is 47.6 Å². The van der Waals surface area contributed by atoms with Crippen LogP contribution in [0.1, 0.15) is 50.3 Å². The Morgan fingerprint density at radius 2 is 1.80 bits per heavy atom. The minimum absolute atomic E-state index is 0.0987. The van der Waals surface area contributed by atoms with Gasteiger partial charge in [-0.1, -0.05) is 79.9 Å². The van der Waals surface area contributed by atoms with Crippen LogP contribution in [0.2, 0.25) is 0 Å². The molecular weight excluding hydrogens is 436 g/mol. The largest absolute Gasteiger partial charge is 0.328 e. The van der Waals surface area contributed by atoms with Crippen molar-refractivity contribution in [3.63, 3.8) is 0 Å². The Labute approximate surface area is 205 Å². The first-order valence-corrected chi connectivity index (χ1v) is 12.5. The lowest BCUT2D eigenvalue weighted by Crippen LogP contribution is -2.28. The van der Waals surface area contributed by atoms with Gasteiger partial charge in [-0.15, -0.1) is 10.2 Å². The van der Waals surface area contributed by atoms with Crippen molar-refractivity contribution in [2.24, 2.45) is 5.92 Å². The fourth-order valence-electron chi connectivity index (χ4n) is 5.11. The molecule has 4 aromatic rings. The van der Waals surface area contributed by atoms with E-state index in [1.807, 2.05) is 40.3 Å². The summed E-state index contributed by atoms with van der Waals surface area (Å²) in [5.74, 6) is 1.19. The molecule has 0 atom stereocenters. The van der Waals surface area contributed by atoms with E-state index in [0.717, 1.165) is 40.9 Å². The Kier molecular flexibility index (Phi) is 7.02. The van der Waals surface area contributed by atoms with Gasteiger partial charge in [-0.2, -0.15) is 5.21 Å². The highest BCUT2D eigenvalue weighted by Crippen LogP contribution is 2.30. The molecule has 0 aliphatic heterocycles. The fraction of sp³-hybridized carbons (Fsp3) is 0.357. The predicted molar refractivity (Wildman–Crippen MR) is 138 cm³/mol. The summed E-state index contributed by atoms with van der Waals surface area (Å²) >= 11 is 0. The molecule has 2 aromatic heterocycles. The normalized spacial score (nSPS) is 14.7. The number of hydrogen-bond acceptors (Lipinski definition) is 4. The van der Waals surface area contributed by atoms with Crippen LogP contribution in [0, 0.1) is 5.92 Å². The summed E-state index contributed by atoms with van der Waals surface area (Å²) in [6, 6.07) is 16.4. The van der Waals surface area contributed by atoms with Crippen molar-refractivity contribution in [1.29, 1.82) is 0 Å². The lowest BCUT2D eigenvalue weighted by Gasteiger charge is -2.21. The second-order valence-corrected chi connectivity index (χ2v) is 9.40. The third-order valence-corrected chi connectivity index (χ3v) is 6.99. The Balaban J connectivity index is 1.40. The van der Waals surface area contributed by atoms with Crippen LogP contribution in [0.15, 0.2) is 71.7 Å². The van der Waals surface area contributed by atoms with Gasteiger partial charge in [0.1, 0.15) is 0 Å². The summed E-state index contributed by atoms with van der Waals surface area (Å²) in [6.45, 7) is 3.42. The SMILES string of the molecule is CC=CCc1cn(CC2CCCCC2)c(=O)n1Cc1ccc(-c2ccccc2-c2nn[nH]n2)cc1. The molecule has 5 rings (SSSR count). The van der Waals surface area contributed by atoms with E-state index in [2.05, 4.69) is 63.2 Å². The molecule has 0 spiro atoms. The van der Waals surface area contributed by atoms with Crippen LogP contribution < -0.4 is 5.69 Å². The van der Waals surface area contributed by atoms with Crippen molar-refractivity contribution in [1.82, 2.24) is 29.8 Å². The Morgan fingerprint density at radius 3 is 2.51 bits per heavy atom. The molecule has 0 unspecified atom stereocenters. The molecule has 0 amide bonds. The van der Waals surface area contributed by atoms with Gasteiger partial charge in [-0.3, -0.25) is 9.13 Å². The van der Waals surface area contributed by atoms with E-state index in [-0.39, 0.29) is 5.69 Å². The third-order valence-electron chi connectivity index (χ3n) is 6.99. The Hall–Kier alpha value is -3.74. The number of benzene rings is 2. The molecular formula is C28H32N6O. The van der Waals surface area contributed by atoms with Gasteiger partial charge < -0.3 is 0 Å². The molecule has 0 radical (unpaired) electrons. The molecule has 35 heavy (non-hydrogen) atoms. The summed E-state index contributed by atoms with van der Waals surface area (Å²) in [5.41, 5.74) is 5.32. The van der Waals surface area contributed by atoms with Crippen molar-refractivity contribution in [3.05, 3.63) is 88.6 Å². The molecule has 0 bridgehead atoms. The molecule has 7 heteroatoms. The number of nitrogens with one attached hydrogen (secondary N) is 1. The number of aromatic nitrogens is 6. The summed E-state index contributed by atoms with van der Waals surface area (Å²) in [7, 11) is 0. The number of imidazole rings is 1. The van der Waals surface area contributed by atoms with Gasteiger partial charge in [-0.25, -0.2) is 4.79 Å². The topological polar surface area (TPSA) is 81.4 Å². The maximum Gasteiger partial charge on any atom is 0.328 e. The van der Waals surface area contributed by atoms with Crippen molar-refractivity contribution < 1.29 is 0 Å². The molecule has 7 nitrogen and oxygen atoms in total. The van der Waals surface area contributed by atoms with Crippen molar-refractivity contribution in [3.8, 4) is 22.5 Å². The minimum atomic E-state index is 0.0987. The highest BCUT2D eigenvalue weighted by molar-refractivity contribution is 5.80. The van der Waals surface area contributed by atoms with Crippen LogP contribution in [0.4, 0.5) is 0 Å². The smallest absolute Gasteiger partial charge is 0.299 e. The first-order valence-electron chi connectivity index (χ1n) is 12.5. The standard InChI is InChI=1S/C28H32N6O/c1-2-3-11-24-20-33(18-21-9-5-4-6-10-21)28(35)34(24)19-22-14-16-23(17-15-22)25-12-7-8-13-26(25)27-29-31-32-30-27/h2-3,7-8,12-17,20-21H,4-6,9-11,18-19H2,1H3,(H,29,30,31,32). The van der Waals surface area contributed by atoms with Crippen LogP contribution in [0.3, 0.4) is 0 Å². The van der Waals surface area contributed by atoms with Gasteiger partial charge in [0.25, 0.3) is 0 Å². The minimum Gasteiger partial charge on any atom is -0.299 e. The summed E-state index contributed by atoms with van der Waals surface area (Å²) in [4.78, 5) is 13.4. The predicted octanol–water partition coefficient (Wildman–Crippen LogP) is 5.24. The van der Waals surface area contributed by atoms with E-state index < -0.39 is 0 Å². The number of aromatic amines is 1. The lowest BCUT2D eigenvalue weighted by atomic mass is 9.89. The molecule has 0 saturated heterocycles. The maximum absolute atomic E-state index is 13.4. The number of allylic oxidation sites excluding steroid dienone is 2. The van der Waals surface area contributed by atoms with Gasteiger partial charge in [0.05, 0.1) is 6.54 Å². The average Bonchev–Trinajstić information content (AvgIpc) is 3.54. The molecule has 1 saturated carbocycles. The number of tetrazole rings is 1. The monoisotopic (exact) mass is 468 g/mol. The van der Waals surface area contributed by atoms with Gasteiger partial charge in [0.15, 0.2) is 0 Å². The van der Waals surface area contributed by atoms with Gasteiger partial charge in [0, 0.05) is 30.4 Å². The highest BCUT2D eigenvalue weighted by Gasteiger charge is 2.18. The zero-order valence-electron chi connectivity index (χ0n) is 20.2. The molecule has 1 N–H and O–H groups in total. The van der Waals surface area contributed by atoms with E-state index in [0.29, 0.717) is 18.3 Å². The average molecular weight is 469 g/mol. The van der Waals surface area contributed by atoms with Crippen LogP contribution >= 0.6 is 0 Å². The molecule has 1 aliphatic rings. The Morgan fingerprint density at radius 1 is 1.03 bits per heavy atom. The molecule has 1 aliphatic carbocycles. The second-order valence-electron chi connectivity index (χ2n) is 9.40. The first-order chi connectivity index (χ1) is 17.2. The third kappa shape index (κ3) is 5.19. The molecule has 2 heterocycles. The van der Waals surface area contributed by atoms with Crippen LogP contribution in [-0.2, 0) is 19.5 Å². The highest BCUT2D eigenvalue weighted by atomic mass is 16.1. The van der Waals surface area contributed by atoms with Gasteiger partial charge in [0.2, 0.25) is 5.82 Å². The number of hydrogen-bond donors (Lipinski definition) is 1. The van der Waals surface area contributed by atoms with Crippen LogP contribution in [-0.4, -0.2) is 29.8 Å².